The fraction of sp³-hybridized carbons (Fsp3) is 0.556. The first-order chi connectivity index (χ1) is 17.4. The summed E-state index contributed by atoms with van der Waals surface area (Å²) < 4.78 is 5.39. The molecule has 0 spiro atoms. The number of H-pyrrole nitrogens is 1. The summed E-state index contributed by atoms with van der Waals surface area (Å²) in [5.74, 6) is -3.24. The molecule has 194 valence electrons. The average molecular weight is 498 g/mol. The highest BCUT2D eigenvalue weighted by molar-refractivity contribution is 6.45. The van der Waals surface area contributed by atoms with E-state index in [2.05, 4.69) is 10.3 Å². The number of aromatic nitrogens is 1. The fourth-order valence-corrected chi connectivity index (χ4v) is 5.78. The van der Waals surface area contributed by atoms with E-state index in [1.54, 1.807) is 18.2 Å². The highest BCUT2D eigenvalue weighted by Crippen LogP contribution is 2.32. The van der Waals surface area contributed by atoms with Gasteiger partial charge < -0.3 is 25.0 Å². The summed E-state index contributed by atoms with van der Waals surface area (Å²) in [6.07, 6.45) is 10.6. The van der Waals surface area contributed by atoms with E-state index >= 15 is 0 Å². The van der Waals surface area contributed by atoms with Gasteiger partial charge in [0.15, 0.2) is 0 Å². The Morgan fingerprint density at radius 3 is 2.36 bits per heavy atom. The Morgan fingerprint density at radius 2 is 1.72 bits per heavy atom. The second-order valence-electron chi connectivity index (χ2n) is 9.93. The maximum absolute atomic E-state index is 13.7. The molecule has 0 bridgehead atoms. The van der Waals surface area contributed by atoms with Crippen LogP contribution in [0.3, 0.4) is 0 Å². The zero-order valence-electron chi connectivity index (χ0n) is 20.8. The molecule has 0 unspecified atom stereocenters. The van der Waals surface area contributed by atoms with E-state index in [0.29, 0.717) is 29.5 Å². The molecule has 1 aromatic carbocycles. The van der Waals surface area contributed by atoms with Crippen molar-refractivity contribution in [3.63, 3.8) is 0 Å². The number of rotatable bonds is 9. The van der Waals surface area contributed by atoms with Crippen molar-refractivity contribution in [2.45, 2.75) is 76.3 Å². The number of carbonyl (C=O) groups is 4. The summed E-state index contributed by atoms with van der Waals surface area (Å²) >= 11 is 0. The van der Waals surface area contributed by atoms with Crippen molar-refractivity contribution >= 4 is 34.5 Å². The number of carboxylic acid groups (broad SMARTS) is 1. The van der Waals surface area contributed by atoms with Gasteiger partial charge in [-0.1, -0.05) is 44.6 Å². The number of aromatic amines is 1. The zero-order valence-corrected chi connectivity index (χ0v) is 20.8. The van der Waals surface area contributed by atoms with Crippen LogP contribution in [0.15, 0.2) is 24.4 Å². The van der Waals surface area contributed by atoms with Crippen LogP contribution in [0.1, 0.15) is 74.6 Å². The highest BCUT2D eigenvalue weighted by atomic mass is 16.5. The monoisotopic (exact) mass is 497 g/mol. The second-order valence-corrected chi connectivity index (χ2v) is 9.93. The van der Waals surface area contributed by atoms with E-state index in [-0.39, 0.29) is 23.4 Å². The Bertz CT molecular complexity index is 1110. The maximum Gasteiger partial charge on any atom is 0.323 e. The molecule has 9 heteroatoms. The van der Waals surface area contributed by atoms with Crippen LogP contribution in [0.25, 0.3) is 10.9 Å². The molecule has 9 nitrogen and oxygen atoms in total. The number of amides is 2. The van der Waals surface area contributed by atoms with E-state index in [1.165, 1.54) is 13.3 Å². The molecule has 3 N–H and O–H groups in total. The summed E-state index contributed by atoms with van der Waals surface area (Å²) in [5, 5.41) is 13.2. The van der Waals surface area contributed by atoms with Crippen LogP contribution in [-0.4, -0.2) is 64.3 Å². The zero-order chi connectivity index (χ0) is 25.7. The number of Topliss-reactive ketones (excluding diaryl/α,β-unsaturated/α-hetero) is 1. The molecule has 2 saturated carbocycles. The van der Waals surface area contributed by atoms with E-state index in [0.717, 1.165) is 56.3 Å². The SMILES string of the molecule is COc1cccc2[nH]cc(C(=O)C(=O)N(CC(=O)O)[C@@H](C(=O)NC3CCCCC3)C3CCCCC3)c12. The number of methoxy groups -OCH3 is 1. The summed E-state index contributed by atoms with van der Waals surface area (Å²) in [6.45, 7) is -0.719. The molecule has 0 saturated heterocycles. The molecule has 1 atom stereocenters. The van der Waals surface area contributed by atoms with Crippen molar-refractivity contribution in [3.05, 3.63) is 30.0 Å². The van der Waals surface area contributed by atoms with Gasteiger partial charge in [-0.05, 0) is 43.7 Å². The lowest BCUT2D eigenvalue weighted by Crippen LogP contribution is -2.58. The van der Waals surface area contributed by atoms with Gasteiger partial charge in [0.1, 0.15) is 18.3 Å². The number of fused-ring (bicyclic) bond motifs is 1. The average Bonchev–Trinajstić information content (AvgIpc) is 3.33. The molecule has 2 fully saturated rings. The molecule has 1 aromatic heterocycles. The predicted octanol–water partition coefficient (Wildman–Crippen LogP) is 3.67. The number of ketones is 1. The van der Waals surface area contributed by atoms with Gasteiger partial charge >= 0.3 is 5.97 Å². The number of hydrogen-bond acceptors (Lipinski definition) is 5. The van der Waals surface area contributed by atoms with E-state index in [1.807, 2.05) is 0 Å². The van der Waals surface area contributed by atoms with E-state index in [9.17, 15) is 24.3 Å². The molecule has 1 heterocycles. The van der Waals surface area contributed by atoms with Gasteiger partial charge in [-0.2, -0.15) is 0 Å². The number of hydrogen-bond donors (Lipinski definition) is 3. The minimum atomic E-state index is -1.26. The van der Waals surface area contributed by atoms with Gasteiger partial charge in [0.2, 0.25) is 5.91 Å². The molecular formula is C27H35N3O6. The highest BCUT2D eigenvalue weighted by Gasteiger charge is 2.41. The topological polar surface area (TPSA) is 129 Å². The van der Waals surface area contributed by atoms with Crippen molar-refractivity contribution in [1.82, 2.24) is 15.2 Å². The van der Waals surface area contributed by atoms with Gasteiger partial charge in [-0.3, -0.25) is 19.2 Å². The lowest BCUT2D eigenvalue weighted by Gasteiger charge is -2.38. The second kappa shape index (κ2) is 11.6. The Morgan fingerprint density at radius 1 is 1.06 bits per heavy atom. The predicted molar refractivity (Wildman–Crippen MR) is 134 cm³/mol. The first kappa shape index (κ1) is 25.7. The molecule has 2 aromatic rings. The number of carbonyl (C=O) groups excluding carboxylic acids is 3. The third-order valence-electron chi connectivity index (χ3n) is 7.55. The van der Waals surface area contributed by atoms with Crippen molar-refractivity contribution in [1.29, 1.82) is 0 Å². The summed E-state index contributed by atoms with van der Waals surface area (Å²) in [4.78, 5) is 56.7. The van der Waals surface area contributed by atoms with Crippen LogP contribution >= 0.6 is 0 Å². The Kier molecular flexibility index (Phi) is 8.28. The minimum Gasteiger partial charge on any atom is -0.496 e. The van der Waals surface area contributed by atoms with Crippen LogP contribution in [0.2, 0.25) is 0 Å². The maximum atomic E-state index is 13.7. The number of nitrogens with zero attached hydrogens (tertiary/aromatic N) is 1. The van der Waals surface area contributed by atoms with Gasteiger partial charge in [-0.25, -0.2) is 0 Å². The van der Waals surface area contributed by atoms with E-state index < -0.39 is 30.2 Å². The van der Waals surface area contributed by atoms with Crippen LogP contribution in [0.5, 0.6) is 5.75 Å². The number of ether oxygens (including phenoxy) is 1. The van der Waals surface area contributed by atoms with Gasteiger partial charge in [-0.15, -0.1) is 0 Å². The van der Waals surface area contributed by atoms with Crippen molar-refractivity contribution < 1.29 is 29.0 Å². The summed E-state index contributed by atoms with van der Waals surface area (Å²) in [6, 6.07) is 4.21. The molecule has 36 heavy (non-hydrogen) atoms. The number of aliphatic carboxylic acids is 1. The molecule has 2 amide bonds. The third-order valence-corrected chi connectivity index (χ3v) is 7.55. The Labute approximate surface area is 210 Å². The number of benzene rings is 1. The standard InChI is InChI=1S/C27H35N3O6/c1-36-21-14-8-13-20-23(21)19(15-28-20)25(33)27(35)30(16-22(31)32)24(17-9-4-2-5-10-17)26(34)29-18-11-6-3-7-12-18/h8,13-15,17-18,24,28H,2-7,9-12,16H2,1H3,(H,29,34)(H,31,32)/t24-/m1/s1. The lowest BCUT2D eigenvalue weighted by molar-refractivity contribution is -0.148. The Hall–Kier alpha value is -3.36. The van der Waals surface area contributed by atoms with Crippen molar-refractivity contribution in [2.75, 3.05) is 13.7 Å². The van der Waals surface area contributed by atoms with Crippen LogP contribution in [0.4, 0.5) is 0 Å². The largest absolute Gasteiger partial charge is 0.496 e. The molecular weight excluding hydrogens is 462 g/mol. The molecule has 2 aliphatic carbocycles. The van der Waals surface area contributed by atoms with Crippen LogP contribution in [0, 0.1) is 5.92 Å². The van der Waals surface area contributed by atoms with Crippen molar-refractivity contribution in [2.24, 2.45) is 5.92 Å². The van der Waals surface area contributed by atoms with Gasteiger partial charge in [0.05, 0.1) is 18.1 Å². The minimum absolute atomic E-state index is 0.00713. The molecule has 0 aliphatic heterocycles. The molecule has 4 rings (SSSR count). The summed E-state index contributed by atoms with van der Waals surface area (Å²) in [7, 11) is 1.48. The fourth-order valence-electron chi connectivity index (χ4n) is 5.78. The number of nitrogens with one attached hydrogen (secondary N) is 2. The smallest absolute Gasteiger partial charge is 0.323 e. The third kappa shape index (κ3) is 5.55. The summed E-state index contributed by atoms with van der Waals surface area (Å²) in [5.41, 5.74) is 0.715. The Balaban J connectivity index is 1.68. The first-order valence-electron chi connectivity index (χ1n) is 12.9. The lowest BCUT2D eigenvalue weighted by atomic mass is 9.82. The number of carboxylic acids is 1. The van der Waals surface area contributed by atoms with Crippen LogP contribution in [-0.2, 0) is 14.4 Å². The van der Waals surface area contributed by atoms with Gasteiger partial charge in [0.25, 0.3) is 11.7 Å². The van der Waals surface area contributed by atoms with Crippen molar-refractivity contribution in [3.8, 4) is 5.75 Å². The molecule has 0 radical (unpaired) electrons. The molecule has 2 aliphatic rings. The van der Waals surface area contributed by atoms with Gasteiger partial charge in [0, 0.05) is 17.8 Å². The first-order valence-corrected chi connectivity index (χ1v) is 12.9. The van der Waals surface area contributed by atoms with Crippen LogP contribution < -0.4 is 10.1 Å². The quantitative estimate of drug-likeness (QED) is 0.358. The normalized spacial score (nSPS) is 17.9. The van der Waals surface area contributed by atoms with E-state index in [4.69, 9.17) is 4.74 Å².